The van der Waals surface area contributed by atoms with Gasteiger partial charge in [-0.05, 0) is 11.8 Å². The predicted octanol–water partition coefficient (Wildman–Crippen LogP) is 2.29. The first-order chi connectivity index (χ1) is 9.99. The number of rotatable bonds is 4. The van der Waals surface area contributed by atoms with Crippen LogP contribution in [0.1, 0.15) is 27.7 Å². The van der Waals surface area contributed by atoms with Crippen molar-refractivity contribution in [2.75, 3.05) is 27.4 Å². The lowest BCUT2D eigenvalue weighted by atomic mass is 9.86. The van der Waals surface area contributed by atoms with Crippen molar-refractivity contribution in [1.29, 1.82) is 0 Å². The van der Waals surface area contributed by atoms with E-state index in [1.165, 1.54) is 0 Å². The molecule has 0 aromatic carbocycles. The van der Waals surface area contributed by atoms with Crippen LogP contribution in [0.25, 0.3) is 0 Å². The van der Waals surface area contributed by atoms with Crippen molar-refractivity contribution < 1.29 is 23.7 Å². The van der Waals surface area contributed by atoms with E-state index in [2.05, 4.69) is 27.7 Å². The summed E-state index contributed by atoms with van der Waals surface area (Å²) in [5, 5.41) is 0. The second-order valence-corrected chi connectivity index (χ2v) is 6.52. The molecule has 8 atom stereocenters. The molecule has 2 fully saturated rings. The zero-order valence-corrected chi connectivity index (χ0v) is 14.1. The van der Waals surface area contributed by atoms with Crippen LogP contribution in [-0.2, 0) is 23.7 Å². The molecule has 21 heavy (non-hydrogen) atoms. The summed E-state index contributed by atoms with van der Waals surface area (Å²) in [6.07, 6.45) is -0.128. The Morgan fingerprint density at radius 3 is 1.81 bits per heavy atom. The third-order valence-corrected chi connectivity index (χ3v) is 5.38. The maximum atomic E-state index is 6.22. The zero-order valence-electron chi connectivity index (χ0n) is 14.1. The average Bonchev–Trinajstić information content (AvgIpc) is 2.49. The molecule has 124 valence electrons. The quantitative estimate of drug-likeness (QED) is 0.797. The van der Waals surface area contributed by atoms with Crippen molar-refractivity contribution in [2.45, 2.75) is 52.5 Å². The van der Waals surface area contributed by atoms with Gasteiger partial charge >= 0.3 is 0 Å². The van der Waals surface area contributed by atoms with Crippen molar-refractivity contribution in [3.05, 3.63) is 0 Å². The lowest BCUT2D eigenvalue weighted by Crippen LogP contribution is -2.50. The molecule has 2 saturated heterocycles. The zero-order chi connectivity index (χ0) is 15.6. The van der Waals surface area contributed by atoms with Crippen LogP contribution in [0.4, 0.5) is 0 Å². The van der Waals surface area contributed by atoms with E-state index in [9.17, 15) is 0 Å². The summed E-state index contributed by atoms with van der Waals surface area (Å²) in [5.74, 6) is 1.39. The van der Waals surface area contributed by atoms with E-state index in [4.69, 9.17) is 23.7 Å². The molecule has 0 aliphatic carbocycles. The summed E-state index contributed by atoms with van der Waals surface area (Å²) >= 11 is 0. The van der Waals surface area contributed by atoms with E-state index in [1.54, 1.807) is 14.2 Å². The second-order valence-electron chi connectivity index (χ2n) is 6.52. The molecule has 0 radical (unpaired) electrons. The first kappa shape index (κ1) is 17.2. The highest BCUT2D eigenvalue weighted by Crippen LogP contribution is 2.34. The molecule has 0 spiro atoms. The van der Waals surface area contributed by atoms with Crippen molar-refractivity contribution >= 4 is 0 Å². The molecule has 5 nitrogen and oxygen atoms in total. The van der Waals surface area contributed by atoms with Gasteiger partial charge in [0, 0.05) is 26.1 Å². The standard InChI is InChI=1S/C16H30O5/c1-9-12(4)16(20-7-13(9)17-5)21-14-8-19-15(18-6)11(3)10(14)2/h9-16H,7-8H2,1-6H3. The van der Waals surface area contributed by atoms with Gasteiger partial charge in [0.15, 0.2) is 12.6 Å². The molecular weight excluding hydrogens is 272 g/mol. The predicted molar refractivity (Wildman–Crippen MR) is 78.8 cm³/mol. The molecule has 0 saturated carbocycles. The van der Waals surface area contributed by atoms with Crippen LogP contribution in [0.3, 0.4) is 0 Å². The van der Waals surface area contributed by atoms with Crippen LogP contribution in [0.5, 0.6) is 0 Å². The van der Waals surface area contributed by atoms with Crippen LogP contribution >= 0.6 is 0 Å². The van der Waals surface area contributed by atoms with Crippen LogP contribution in [-0.4, -0.2) is 52.2 Å². The second kappa shape index (κ2) is 7.38. The monoisotopic (exact) mass is 302 g/mol. The van der Waals surface area contributed by atoms with Gasteiger partial charge in [0.2, 0.25) is 0 Å². The molecule has 0 aromatic heterocycles. The molecule has 0 bridgehead atoms. The number of hydrogen-bond acceptors (Lipinski definition) is 5. The first-order valence-corrected chi connectivity index (χ1v) is 7.93. The van der Waals surface area contributed by atoms with Gasteiger partial charge < -0.3 is 23.7 Å². The minimum Gasteiger partial charge on any atom is -0.379 e. The molecule has 0 amide bonds. The highest BCUT2D eigenvalue weighted by molar-refractivity contribution is 4.83. The van der Waals surface area contributed by atoms with Crippen LogP contribution in [0, 0.1) is 23.7 Å². The third kappa shape index (κ3) is 3.59. The molecule has 0 aromatic rings. The lowest BCUT2D eigenvalue weighted by molar-refractivity contribution is -0.293. The van der Waals surface area contributed by atoms with E-state index in [-0.39, 0.29) is 24.8 Å². The summed E-state index contributed by atoms with van der Waals surface area (Å²) in [6, 6.07) is 0. The maximum Gasteiger partial charge on any atom is 0.161 e. The molecule has 0 N–H and O–H groups in total. The topological polar surface area (TPSA) is 46.2 Å². The van der Waals surface area contributed by atoms with Crippen LogP contribution < -0.4 is 0 Å². The van der Waals surface area contributed by atoms with Crippen molar-refractivity contribution in [1.82, 2.24) is 0 Å². The van der Waals surface area contributed by atoms with E-state index >= 15 is 0 Å². The van der Waals surface area contributed by atoms with Crippen LogP contribution in [0.15, 0.2) is 0 Å². The van der Waals surface area contributed by atoms with Gasteiger partial charge in [-0.3, -0.25) is 0 Å². The van der Waals surface area contributed by atoms with Crippen molar-refractivity contribution in [2.24, 2.45) is 23.7 Å². The number of methoxy groups -OCH3 is 2. The van der Waals surface area contributed by atoms with Gasteiger partial charge in [0.1, 0.15) is 0 Å². The molecule has 2 rings (SSSR count). The Bertz CT molecular complexity index is 294. The smallest absolute Gasteiger partial charge is 0.161 e. The number of ether oxygens (including phenoxy) is 5. The van der Waals surface area contributed by atoms with Gasteiger partial charge in [0.05, 0.1) is 25.4 Å². The summed E-state index contributed by atoms with van der Waals surface area (Å²) in [4.78, 5) is 0. The van der Waals surface area contributed by atoms with Gasteiger partial charge in [-0.2, -0.15) is 0 Å². The summed E-state index contributed by atoms with van der Waals surface area (Å²) < 4.78 is 28.6. The fourth-order valence-electron chi connectivity index (χ4n) is 3.22. The maximum absolute atomic E-state index is 6.22. The van der Waals surface area contributed by atoms with Crippen molar-refractivity contribution in [3.8, 4) is 0 Å². The van der Waals surface area contributed by atoms with Crippen LogP contribution in [0.2, 0.25) is 0 Å². The minimum absolute atomic E-state index is 0.0464. The molecule has 2 heterocycles. The third-order valence-electron chi connectivity index (χ3n) is 5.38. The molecular formula is C16H30O5. The van der Waals surface area contributed by atoms with E-state index < -0.39 is 0 Å². The van der Waals surface area contributed by atoms with Gasteiger partial charge in [-0.25, -0.2) is 0 Å². The molecule has 2 aliphatic rings. The average molecular weight is 302 g/mol. The first-order valence-electron chi connectivity index (χ1n) is 7.93. The Morgan fingerprint density at radius 2 is 1.19 bits per heavy atom. The highest BCUT2D eigenvalue weighted by atomic mass is 16.7. The van der Waals surface area contributed by atoms with Crippen molar-refractivity contribution in [3.63, 3.8) is 0 Å². The fraction of sp³-hybridized carbons (Fsp3) is 1.00. The SMILES string of the molecule is COC1COC(OC2COC(OC)C(C)C2C)C(C)C1C. The Morgan fingerprint density at radius 1 is 0.667 bits per heavy atom. The summed E-state index contributed by atoms with van der Waals surface area (Å²) in [6.45, 7) is 9.84. The molecule has 8 unspecified atom stereocenters. The van der Waals surface area contributed by atoms with E-state index in [1.807, 2.05) is 0 Å². The lowest BCUT2D eigenvalue weighted by Gasteiger charge is -2.44. The molecule has 5 heteroatoms. The summed E-state index contributed by atoms with van der Waals surface area (Å²) in [5.41, 5.74) is 0. The number of hydrogen-bond donors (Lipinski definition) is 0. The van der Waals surface area contributed by atoms with E-state index in [0.717, 1.165) is 0 Å². The molecule has 2 aliphatic heterocycles. The normalized spacial score (nSPS) is 48.3. The summed E-state index contributed by atoms with van der Waals surface area (Å²) in [7, 11) is 3.43. The van der Waals surface area contributed by atoms with E-state index in [0.29, 0.717) is 36.9 Å². The fourth-order valence-corrected chi connectivity index (χ4v) is 3.22. The van der Waals surface area contributed by atoms with Gasteiger partial charge in [-0.15, -0.1) is 0 Å². The Labute approximate surface area is 128 Å². The Kier molecular flexibility index (Phi) is 6.03. The largest absolute Gasteiger partial charge is 0.379 e. The highest BCUT2D eigenvalue weighted by Gasteiger charge is 2.41. The Hall–Kier alpha value is -0.200. The Balaban J connectivity index is 1.93. The van der Waals surface area contributed by atoms with Gasteiger partial charge in [-0.1, -0.05) is 27.7 Å². The van der Waals surface area contributed by atoms with Gasteiger partial charge in [0.25, 0.3) is 0 Å². The minimum atomic E-state index is -0.186.